The lowest BCUT2D eigenvalue weighted by atomic mass is 9.98. The minimum absolute atomic E-state index is 0.148. The molecule has 12 nitrogen and oxygen atoms in total. The fourth-order valence-electron chi connectivity index (χ4n) is 4.45. The zero-order valence-corrected chi connectivity index (χ0v) is 24.4. The lowest BCUT2D eigenvalue weighted by molar-refractivity contribution is -0.158. The molecule has 228 valence electrons. The number of carbonyl (C=O) groups is 2. The van der Waals surface area contributed by atoms with Gasteiger partial charge in [-0.05, 0) is 51.0 Å². The Morgan fingerprint density at radius 2 is 1.86 bits per heavy atom. The second kappa shape index (κ2) is 12.9. The van der Waals surface area contributed by atoms with Crippen LogP contribution < -0.4 is 14.9 Å². The molecule has 2 unspecified atom stereocenters. The summed E-state index contributed by atoms with van der Waals surface area (Å²) in [5, 5.41) is 25.7. The molecule has 1 amide bonds. The number of hydrogen-bond acceptors (Lipinski definition) is 10. The maximum atomic E-state index is 15.7. The number of benzene rings is 2. The molecule has 2 aliphatic heterocycles. The van der Waals surface area contributed by atoms with Crippen molar-refractivity contribution in [2.45, 2.75) is 70.3 Å². The molecule has 1 saturated heterocycles. The van der Waals surface area contributed by atoms with Crippen molar-refractivity contribution in [3.8, 4) is 16.9 Å². The number of esters is 1. The van der Waals surface area contributed by atoms with Crippen molar-refractivity contribution in [1.29, 1.82) is 0 Å². The van der Waals surface area contributed by atoms with Gasteiger partial charge >= 0.3 is 13.7 Å². The maximum absolute atomic E-state index is 15.7. The van der Waals surface area contributed by atoms with Crippen LogP contribution in [-0.4, -0.2) is 76.2 Å². The van der Waals surface area contributed by atoms with Crippen molar-refractivity contribution in [2.24, 2.45) is 0 Å². The van der Waals surface area contributed by atoms with Crippen LogP contribution in [0.5, 0.6) is 5.75 Å². The van der Waals surface area contributed by atoms with Gasteiger partial charge in [0, 0.05) is 12.3 Å². The quantitative estimate of drug-likeness (QED) is 0.220. The summed E-state index contributed by atoms with van der Waals surface area (Å²) in [5.41, 5.74) is -0.808. The van der Waals surface area contributed by atoms with Crippen LogP contribution in [0.2, 0.25) is 0 Å². The Labute approximate surface area is 243 Å². The highest BCUT2D eigenvalue weighted by atomic mass is 31.2. The molecule has 0 radical (unpaired) electrons. The minimum atomic E-state index is -4.40. The first-order valence-electron chi connectivity index (χ1n) is 13.3. The molecule has 42 heavy (non-hydrogen) atoms. The average molecular weight is 608 g/mol. The first kappa shape index (κ1) is 31.6. The zero-order valence-electron chi connectivity index (χ0n) is 23.5. The molecule has 2 aromatic rings. The third-order valence-corrected chi connectivity index (χ3v) is 8.22. The Hall–Kier alpha value is -3.32. The summed E-state index contributed by atoms with van der Waals surface area (Å²) >= 11 is 0. The predicted octanol–water partition coefficient (Wildman–Crippen LogP) is 2.82. The van der Waals surface area contributed by atoms with Gasteiger partial charge in [-0.15, -0.1) is 0 Å². The fraction of sp³-hybridized carbons (Fsp3) is 0.429. The summed E-state index contributed by atoms with van der Waals surface area (Å²) in [6.07, 6.45) is -4.56. The van der Waals surface area contributed by atoms with Crippen molar-refractivity contribution in [2.75, 3.05) is 6.61 Å². The van der Waals surface area contributed by atoms with E-state index in [2.05, 4.69) is 10.4 Å². The number of halogens is 1. The molecule has 2 aliphatic rings. The van der Waals surface area contributed by atoms with E-state index < -0.39 is 68.8 Å². The number of rotatable bonds is 11. The van der Waals surface area contributed by atoms with E-state index in [9.17, 15) is 24.4 Å². The van der Waals surface area contributed by atoms with E-state index in [1.165, 1.54) is 6.92 Å². The van der Waals surface area contributed by atoms with Crippen molar-refractivity contribution in [1.82, 2.24) is 15.3 Å². The Morgan fingerprint density at radius 1 is 1.17 bits per heavy atom. The van der Waals surface area contributed by atoms with Crippen LogP contribution in [0.25, 0.3) is 11.1 Å². The van der Waals surface area contributed by atoms with Crippen molar-refractivity contribution >= 4 is 19.6 Å². The van der Waals surface area contributed by atoms with Gasteiger partial charge in [0.25, 0.3) is 0 Å². The molecule has 14 heteroatoms. The van der Waals surface area contributed by atoms with Crippen molar-refractivity contribution < 1.29 is 47.3 Å². The standard InChI is InChI=1S/C28H35FN3O9P/c1-17(2)39-25(35)18(3)31-42(37,41-21-12-8-11-20(15-21)19-9-6-5-7-10-19)38-16-22-24(34)28(4,29)26(40-22)32-14-13-23(33)30-27(32)36/h5-15,17-18,22,24,26-27,34,36H,16H2,1-4H3,(H,30,33)(H,31,37)/t18-,22+,24+,26+,27?,28+,42?/m0/s1. The van der Waals surface area contributed by atoms with Crippen LogP contribution in [0.3, 0.4) is 0 Å². The molecular weight excluding hydrogens is 572 g/mol. The topological polar surface area (TPSA) is 156 Å². The van der Waals surface area contributed by atoms with Gasteiger partial charge in [0.1, 0.15) is 24.0 Å². The van der Waals surface area contributed by atoms with Crippen molar-refractivity contribution in [3.63, 3.8) is 0 Å². The fourth-order valence-corrected chi connectivity index (χ4v) is 5.95. The number of nitrogens with one attached hydrogen (secondary N) is 2. The molecule has 1 fully saturated rings. The molecule has 0 saturated carbocycles. The summed E-state index contributed by atoms with van der Waals surface area (Å²) in [4.78, 5) is 25.0. The number of alkyl halides is 1. The van der Waals surface area contributed by atoms with Gasteiger partial charge in [-0.3, -0.25) is 14.1 Å². The Kier molecular flexibility index (Phi) is 9.71. The third kappa shape index (κ3) is 7.35. The number of carbonyl (C=O) groups excluding carboxylic acids is 2. The molecule has 0 aliphatic carbocycles. The van der Waals surface area contributed by atoms with E-state index in [-0.39, 0.29) is 5.75 Å². The van der Waals surface area contributed by atoms with Crippen molar-refractivity contribution in [3.05, 3.63) is 66.9 Å². The van der Waals surface area contributed by atoms with Crippen LogP contribution in [0.4, 0.5) is 4.39 Å². The molecule has 7 atom stereocenters. The number of aliphatic hydroxyl groups is 2. The van der Waals surface area contributed by atoms with Gasteiger partial charge in [0.2, 0.25) is 12.3 Å². The molecule has 0 aromatic heterocycles. The molecule has 0 spiro atoms. The maximum Gasteiger partial charge on any atom is 0.459 e. The SMILES string of the molecule is CC(C)OC(=O)[C@H](C)NP(=O)(OC[C@H]1O[C@@H](N2C=CC(=O)NC2O)[C@](C)(F)[C@@H]1O)Oc1cccc(-c2ccccc2)c1. The predicted molar refractivity (Wildman–Crippen MR) is 149 cm³/mol. The Balaban J connectivity index is 1.55. The summed E-state index contributed by atoms with van der Waals surface area (Å²) in [7, 11) is -4.40. The van der Waals surface area contributed by atoms with Gasteiger partial charge in [0.15, 0.2) is 11.9 Å². The van der Waals surface area contributed by atoms with Crippen LogP contribution in [0.1, 0.15) is 27.7 Å². The normalized spacial score (nSPS) is 27.8. The lowest BCUT2D eigenvalue weighted by Crippen LogP contribution is -2.58. The summed E-state index contributed by atoms with van der Waals surface area (Å²) in [6, 6.07) is 15.0. The summed E-state index contributed by atoms with van der Waals surface area (Å²) in [5.74, 6) is -1.16. The largest absolute Gasteiger partial charge is 0.462 e. The first-order valence-corrected chi connectivity index (χ1v) is 14.9. The van der Waals surface area contributed by atoms with Gasteiger partial charge in [0.05, 0.1) is 12.7 Å². The zero-order chi connectivity index (χ0) is 30.7. The number of hydrogen-bond donors (Lipinski definition) is 4. The highest BCUT2D eigenvalue weighted by molar-refractivity contribution is 7.52. The van der Waals surface area contributed by atoms with Crippen LogP contribution in [0, 0.1) is 0 Å². The number of nitrogens with zero attached hydrogens (tertiary/aromatic N) is 1. The van der Waals surface area contributed by atoms with Gasteiger partial charge < -0.3 is 34.4 Å². The Bertz CT molecular complexity index is 1340. The van der Waals surface area contributed by atoms with Gasteiger partial charge in [-0.25, -0.2) is 8.96 Å². The average Bonchev–Trinajstić information content (AvgIpc) is 3.15. The number of amides is 1. The van der Waals surface area contributed by atoms with Crippen LogP contribution >= 0.6 is 7.75 Å². The summed E-state index contributed by atoms with van der Waals surface area (Å²) < 4.78 is 52.0. The first-order chi connectivity index (χ1) is 19.8. The van der Waals surface area contributed by atoms with E-state index in [4.69, 9.17) is 18.5 Å². The van der Waals surface area contributed by atoms with Crippen LogP contribution in [0.15, 0.2) is 66.9 Å². The van der Waals surface area contributed by atoms with E-state index >= 15 is 4.39 Å². The Morgan fingerprint density at radius 3 is 2.52 bits per heavy atom. The van der Waals surface area contributed by atoms with E-state index in [0.29, 0.717) is 0 Å². The van der Waals surface area contributed by atoms with E-state index in [0.717, 1.165) is 35.2 Å². The van der Waals surface area contributed by atoms with Crippen LogP contribution in [-0.2, 0) is 28.2 Å². The number of ether oxygens (including phenoxy) is 2. The van der Waals surface area contributed by atoms with E-state index in [1.807, 2.05) is 36.4 Å². The molecule has 4 rings (SSSR count). The molecular formula is C28H35FN3O9P. The molecule has 2 aromatic carbocycles. The smallest absolute Gasteiger partial charge is 0.459 e. The monoisotopic (exact) mass is 607 g/mol. The number of aliphatic hydroxyl groups excluding tert-OH is 2. The lowest BCUT2D eigenvalue weighted by Gasteiger charge is -2.37. The van der Waals surface area contributed by atoms with Gasteiger partial charge in [-0.2, -0.15) is 5.09 Å². The second-order valence-electron chi connectivity index (χ2n) is 10.4. The molecule has 0 bridgehead atoms. The summed E-state index contributed by atoms with van der Waals surface area (Å²) in [6.45, 7) is 5.17. The molecule has 2 heterocycles. The highest BCUT2D eigenvalue weighted by Crippen LogP contribution is 2.47. The van der Waals surface area contributed by atoms with E-state index in [1.54, 1.807) is 32.0 Å². The third-order valence-electron chi connectivity index (χ3n) is 6.57. The van der Waals surface area contributed by atoms with Gasteiger partial charge in [-0.1, -0.05) is 42.5 Å². The molecule has 4 N–H and O–H groups in total. The second-order valence-corrected chi connectivity index (χ2v) is 12.1. The highest BCUT2D eigenvalue weighted by Gasteiger charge is 2.57. The minimum Gasteiger partial charge on any atom is -0.462 e.